The van der Waals surface area contributed by atoms with Gasteiger partial charge in [-0.2, -0.15) is 0 Å². The minimum Gasteiger partial charge on any atom is -0.463 e. The fourth-order valence-electron chi connectivity index (χ4n) is 1.74. The molecule has 84 valence electrons. The Hall–Kier alpha value is -1.88. The highest BCUT2D eigenvalue weighted by molar-refractivity contribution is 9.10. The summed E-state index contributed by atoms with van der Waals surface area (Å²) in [6.45, 7) is 0. The van der Waals surface area contributed by atoms with Gasteiger partial charge in [0.2, 0.25) is 5.95 Å². The number of fused-ring (bicyclic) bond motifs is 1. The molecule has 3 aromatic rings. The Labute approximate surface area is 106 Å². The van der Waals surface area contributed by atoms with E-state index < -0.39 is 0 Å². The number of furan rings is 1. The minimum absolute atomic E-state index is 0.232. The van der Waals surface area contributed by atoms with E-state index in [-0.39, 0.29) is 5.95 Å². The van der Waals surface area contributed by atoms with Crippen molar-refractivity contribution in [1.82, 2.24) is 9.97 Å². The highest BCUT2D eigenvalue weighted by Gasteiger charge is 2.12. The standard InChI is InChI=1S/C12H8BrN3O/c13-8-4-1-3-7-10(8)15-12(14)16-11(7)9-5-2-6-17-9/h1-6H,(H2,14,15,16). The normalized spacial score (nSPS) is 10.9. The van der Waals surface area contributed by atoms with Crippen LogP contribution >= 0.6 is 15.9 Å². The molecule has 0 aliphatic heterocycles. The van der Waals surface area contributed by atoms with Gasteiger partial charge in [0.05, 0.1) is 11.8 Å². The first-order valence-corrected chi connectivity index (χ1v) is 5.80. The van der Waals surface area contributed by atoms with Crippen LogP contribution < -0.4 is 5.73 Å². The van der Waals surface area contributed by atoms with Crippen LogP contribution in [-0.2, 0) is 0 Å². The number of nitrogens with two attached hydrogens (primary N) is 1. The predicted molar refractivity (Wildman–Crippen MR) is 69.4 cm³/mol. The fourth-order valence-corrected chi connectivity index (χ4v) is 2.19. The molecular weight excluding hydrogens is 282 g/mol. The molecule has 0 saturated heterocycles. The zero-order chi connectivity index (χ0) is 11.8. The Bertz CT molecular complexity index is 680. The average molecular weight is 290 g/mol. The van der Waals surface area contributed by atoms with Gasteiger partial charge in [-0.3, -0.25) is 0 Å². The van der Waals surface area contributed by atoms with E-state index in [4.69, 9.17) is 10.2 Å². The molecule has 0 spiro atoms. The van der Waals surface area contributed by atoms with Gasteiger partial charge < -0.3 is 10.2 Å². The van der Waals surface area contributed by atoms with Crippen LogP contribution in [0.5, 0.6) is 0 Å². The fraction of sp³-hybridized carbons (Fsp3) is 0. The summed E-state index contributed by atoms with van der Waals surface area (Å²) < 4.78 is 6.25. The van der Waals surface area contributed by atoms with E-state index in [1.807, 2.05) is 30.3 Å². The van der Waals surface area contributed by atoms with Crippen molar-refractivity contribution in [2.45, 2.75) is 0 Å². The molecule has 4 nitrogen and oxygen atoms in total. The van der Waals surface area contributed by atoms with Gasteiger partial charge in [0.15, 0.2) is 5.76 Å². The van der Waals surface area contributed by atoms with Crippen LogP contribution in [0.2, 0.25) is 0 Å². The van der Waals surface area contributed by atoms with Crippen molar-refractivity contribution in [3.05, 3.63) is 41.1 Å². The lowest BCUT2D eigenvalue weighted by atomic mass is 10.1. The molecule has 2 heterocycles. The SMILES string of the molecule is Nc1nc(-c2ccco2)c2cccc(Br)c2n1. The van der Waals surface area contributed by atoms with Crippen LogP contribution in [0.3, 0.4) is 0 Å². The van der Waals surface area contributed by atoms with Crippen LogP contribution in [0, 0.1) is 0 Å². The van der Waals surface area contributed by atoms with Gasteiger partial charge in [-0.1, -0.05) is 12.1 Å². The number of nitrogen functional groups attached to an aromatic ring is 1. The molecule has 2 aromatic heterocycles. The number of halogens is 1. The number of aromatic nitrogens is 2. The van der Waals surface area contributed by atoms with Crippen molar-refractivity contribution >= 4 is 32.8 Å². The lowest BCUT2D eigenvalue weighted by Gasteiger charge is -2.05. The van der Waals surface area contributed by atoms with Crippen molar-refractivity contribution in [2.75, 3.05) is 5.73 Å². The van der Waals surface area contributed by atoms with Gasteiger partial charge in [-0.25, -0.2) is 9.97 Å². The topological polar surface area (TPSA) is 64.9 Å². The summed E-state index contributed by atoms with van der Waals surface area (Å²) >= 11 is 3.45. The summed E-state index contributed by atoms with van der Waals surface area (Å²) in [5, 5.41) is 0.906. The maximum atomic E-state index is 5.71. The Morgan fingerprint density at radius 2 is 2.00 bits per heavy atom. The number of benzene rings is 1. The molecule has 0 fully saturated rings. The van der Waals surface area contributed by atoms with Gasteiger partial charge >= 0.3 is 0 Å². The number of anilines is 1. The molecule has 0 saturated carbocycles. The predicted octanol–water partition coefficient (Wildman–Crippen LogP) is 3.23. The van der Waals surface area contributed by atoms with Gasteiger partial charge in [-0.05, 0) is 34.1 Å². The quantitative estimate of drug-likeness (QED) is 0.747. The van der Waals surface area contributed by atoms with Crippen molar-refractivity contribution < 1.29 is 4.42 Å². The Morgan fingerprint density at radius 1 is 1.12 bits per heavy atom. The third-order valence-electron chi connectivity index (χ3n) is 2.45. The maximum absolute atomic E-state index is 5.71. The van der Waals surface area contributed by atoms with Crippen LogP contribution in [0.1, 0.15) is 0 Å². The van der Waals surface area contributed by atoms with E-state index >= 15 is 0 Å². The first kappa shape index (κ1) is 10.3. The van der Waals surface area contributed by atoms with Gasteiger partial charge in [0.1, 0.15) is 5.69 Å². The molecule has 0 radical (unpaired) electrons. The molecule has 0 bridgehead atoms. The molecule has 1 aromatic carbocycles. The molecule has 2 N–H and O–H groups in total. The minimum atomic E-state index is 0.232. The van der Waals surface area contributed by atoms with E-state index in [0.717, 1.165) is 15.4 Å². The number of nitrogens with zero attached hydrogens (tertiary/aromatic N) is 2. The Kier molecular flexibility index (Phi) is 2.33. The van der Waals surface area contributed by atoms with Crippen LogP contribution in [-0.4, -0.2) is 9.97 Å². The number of hydrogen-bond donors (Lipinski definition) is 1. The largest absolute Gasteiger partial charge is 0.463 e. The van der Waals surface area contributed by atoms with Crippen molar-refractivity contribution in [2.24, 2.45) is 0 Å². The molecule has 3 rings (SSSR count). The van der Waals surface area contributed by atoms with Crippen LogP contribution in [0.25, 0.3) is 22.4 Å². The molecule has 0 aliphatic rings. The molecular formula is C12H8BrN3O. The van der Waals surface area contributed by atoms with Crippen molar-refractivity contribution in [3.8, 4) is 11.5 Å². The summed E-state index contributed by atoms with van der Waals surface area (Å²) in [6, 6.07) is 9.45. The zero-order valence-corrected chi connectivity index (χ0v) is 10.3. The van der Waals surface area contributed by atoms with E-state index in [1.165, 1.54) is 0 Å². The smallest absolute Gasteiger partial charge is 0.221 e. The van der Waals surface area contributed by atoms with Crippen LogP contribution in [0.15, 0.2) is 45.5 Å². The number of para-hydroxylation sites is 1. The monoisotopic (exact) mass is 289 g/mol. The Morgan fingerprint density at radius 3 is 2.76 bits per heavy atom. The third-order valence-corrected chi connectivity index (χ3v) is 3.09. The van der Waals surface area contributed by atoms with E-state index in [9.17, 15) is 0 Å². The first-order valence-electron chi connectivity index (χ1n) is 5.01. The summed E-state index contributed by atoms with van der Waals surface area (Å²) in [5.74, 6) is 0.915. The second-order valence-corrected chi connectivity index (χ2v) is 4.40. The zero-order valence-electron chi connectivity index (χ0n) is 8.72. The van der Waals surface area contributed by atoms with Gasteiger partial charge in [0.25, 0.3) is 0 Å². The maximum Gasteiger partial charge on any atom is 0.221 e. The van der Waals surface area contributed by atoms with Crippen molar-refractivity contribution in [1.29, 1.82) is 0 Å². The molecule has 17 heavy (non-hydrogen) atoms. The second-order valence-electron chi connectivity index (χ2n) is 3.54. The van der Waals surface area contributed by atoms with Crippen molar-refractivity contribution in [3.63, 3.8) is 0 Å². The van der Waals surface area contributed by atoms with E-state index in [1.54, 1.807) is 6.26 Å². The lowest BCUT2D eigenvalue weighted by molar-refractivity contribution is 0.581. The Balaban J connectivity index is 2.42. The average Bonchev–Trinajstić information content (AvgIpc) is 2.83. The molecule has 0 atom stereocenters. The van der Waals surface area contributed by atoms with Gasteiger partial charge in [0, 0.05) is 9.86 Å². The first-order chi connectivity index (χ1) is 8.25. The summed E-state index contributed by atoms with van der Waals surface area (Å²) in [5.41, 5.74) is 7.21. The summed E-state index contributed by atoms with van der Waals surface area (Å²) in [6.07, 6.45) is 1.61. The molecule has 5 heteroatoms. The summed E-state index contributed by atoms with van der Waals surface area (Å²) in [7, 11) is 0. The molecule has 0 amide bonds. The summed E-state index contributed by atoms with van der Waals surface area (Å²) in [4.78, 5) is 8.46. The third kappa shape index (κ3) is 1.68. The highest BCUT2D eigenvalue weighted by atomic mass is 79.9. The molecule has 0 unspecified atom stereocenters. The van der Waals surface area contributed by atoms with E-state index in [0.29, 0.717) is 11.5 Å². The number of rotatable bonds is 1. The second kappa shape index (κ2) is 3.85. The lowest BCUT2D eigenvalue weighted by Crippen LogP contribution is -1.98. The highest BCUT2D eigenvalue weighted by Crippen LogP contribution is 2.30. The van der Waals surface area contributed by atoms with Gasteiger partial charge in [-0.15, -0.1) is 0 Å². The number of hydrogen-bond acceptors (Lipinski definition) is 4. The van der Waals surface area contributed by atoms with Crippen LogP contribution in [0.4, 0.5) is 5.95 Å². The van der Waals surface area contributed by atoms with E-state index in [2.05, 4.69) is 25.9 Å². The molecule has 0 aliphatic carbocycles.